The summed E-state index contributed by atoms with van der Waals surface area (Å²) in [6.07, 6.45) is 9.05. The first-order chi connectivity index (χ1) is 14.1. The van der Waals surface area contributed by atoms with Crippen LogP contribution in [0, 0.1) is 6.92 Å². The lowest BCUT2D eigenvalue weighted by Gasteiger charge is -2.37. The molecule has 1 aliphatic heterocycles. The van der Waals surface area contributed by atoms with Crippen molar-refractivity contribution in [3.63, 3.8) is 0 Å². The first kappa shape index (κ1) is 23.1. The monoisotopic (exact) mass is 523 g/mol. The van der Waals surface area contributed by atoms with E-state index in [4.69, 9.17) is 4.74 Å². The van der Waals surface area contributed by atoms with E-state index in [2.05, 4.69) is 51.5 Å². The van der Waals surface area contributed by atoms with Crippen LogP contribution in [0.1, 0.15) is 48.5 Å². The zero-order chi connectivity index (χ0) is 20.3. The van der Waals surface area contributed by atoms with Crippen molar-refractivity contribution >= 4 is 29.9 Å². The third-order valence-electron chi connectivity index (χ3n) is 6.45. The molecule has 7 heteroatoms. The summed E-state index contributed by atoms with van der Waals surface area (Å²) >= 11 is 0. The molecule has 1 aliphatic carbocycles. The number of aryl methyl sites for hydroxylation is 2. The summed E-state index contributed by atoms with van der Waals surface area (Å²) in [6, 6.07) is 9.05. The molecule has 1 unspecified atom stereocenters. The number of morpholine rings is 1. The van der Waals surface area contributed by atoms with E-state index >= 15 is 0 Å². The van der Waals surface area contributed by atoms with E-state index in [0.29, 0.717) is 6.61 Å². The lowest BCUT2D eigenvalue weighted by molar-refractivity contribution is -0.00811. The Balaban J connectivity index is 0.00000256. The predicted molar refractivity (Wildman–Crippen MR) is 132 cm³/mol. The Labute approximate surface area is 197 Å². The number of aromatic nitrogens is 2. The summed E-state index contributed by atoms with van der Waals surface area (Å²) in [5.41, 5.74) is 4.13. The molecule has 1 saturated heterocycles. The number of rotatable bonds is 4. The first-order valence-electron chi connectivity index (χ1n) is 10.7. The molecule has 4 rings (SSSR count). The number of hydrogen-bond acceptors (Lipinski definition) is 3. The van der Waals surface area contributed by atoms with E-state index in [-0.39, 0.29) is 35.5 Å². The highest BCUT2D eigenvalue weighted by atomic mass is 127. The van der Waals surface area contributed by atoms with Gasteiger partial charge in [0.15, 0.2) is 5.96 Å². The molecule has 2 aliphatic rings. The number of hydrogen-bond donors (Lipinski definition) is 1. The van der Waals surface area contributed by atoms with Crippen molar-refractivity contribution in [2.75, 3.05) is 33.3 Å². The van der Waals surface area contributed by atoms with Crippen molar-refractivity contribution in [3.05, 3.63) is 53.3 Å². The number of guanidine groups is 1. The summed E-state index contributed by atoms with van der Waals surface area (Å²) in [4.78, 5) is 6.92. The molecular formula is C23H34IN5O. The van der Waals surface area contributed by atoms with Crippen molar-refractivity contribution in [1.82, 2.24) is 20.0 Å². The number of nitrogens with one attached hydrogen (secondary N) is 1. The fourth-order valence-electron chi connectivity index (χ4n) is 4.82. The Bertz CT molecular complexity index is 859. The van der Waals surface area contributed by atoms with Crippen LogP contribution < -0.4 is 5.32 Å². The second-order valence-corrected chi connectivity index (χ2v) is 8.51. The van der Waals surface area contributed by atoms with Gasteiger partial charge in [-0.2, -0.15) is 5.10 Å². The molecule has 6 nitrogen and oxygen atoms in total. The Morgan fingerprint density at radius 2 is 2.13 bits per heavy atom. The minimum Gasteiger partial charge on any atom is -0.370 e. The summed E-state index contributed by atoms with van der Waals surface area (Å²) in [7, 11) is 3.82. The fraction of sp³-hybridized carbons (Fsp3) is 0.565. The lowest BCUT2D eigenvalue weighted by atomic mass is 9.78. The quantitative estimate of drug-likeness (QED) is 0.377. The van der Waals surface area contributed by atoms with Crippen LogP contribution in [-0.2, 0) is 17.2 Å². The molecule has 1 aromatic heterocycles. The van der Waals surface area contributed by atoms with Crippen molar-refractivity contribution < 1.29 is 4.74 Å². The van der Waals surface area contributed by atoms with Gasteiger partial charge in [-0.1, -0.05) is 42.7 Å². The summed E-state index contributed by atoms with van der Waals surface area (Å²) in [6.45, 7) is 5.46. The second kappa shape index (κ2) is 10.1. The van der Waals surface area contributed by atoms with Gasteiger partial charge in [0, 0.05) is 44.4 Å². The Morgan fingerprint density at radius 3 is 2.80 bits per heavy atom. The van der Waals surface area contributed by atoms with Crippen molar-refractivity contribution in [3.8, 4) is 0 Å². The van der Waals surface area contributed by atoms with Crippen LogP contribution in [0.2, 0.25) is 0 Å². The lowest BCUT2D eigenvalue weighted by Crippen LogP contribution is -2.51. The largest absolute Gasteiger partial charge is 0.370 e. The number of benzene rings is 1. The van der Waals surface area contributed by atoms with Gasteiger partial charge in [0.05, 0.1) is 19.3 Å². The maximum Gasteiger partial charge on any atom is 0.193 e. The first-order valence-corrected chi connectivity index (χ1v) is 10.7. The summed E-state index contributed by atoms with van der Waals surface area (Å²) < 4.78 is 7.83. The highest BCUT2D eigenvalue weighted by Crippen LogP contribution is 2.41. The molecule has 164 valence electrons. The number of ether oxygens (including phenoxy) is 1. The van der Waals surface area contributed by atoms with Crippen molar-refractivity contribution in [1.29, 1.82) is 0 Å². The van der Waals surface area contributed by atoms with Crippen LogP contribution in [0.3, 0.4) is 0 Å². The van der Waals surface area contributed by atoms with Crippen molar-refractivity contribution in [2.45, 2.75) is 44.1 Å². The normalized spacial score (nSPS) is 21.4. The third kappa shape index (κ3) is 4.99. The van der Waals surface area contributed by atoms with Gasteiger partial charge in [-0.05, 0) is 25.3 Å². The van der Waals surface area contributed by atoms with Crippen LogP contribution in [0.4, 0.5) is 0 Å². The minimum atomic E-state index is 0. The number of aliphatic imine (C=N–C) groups is 1. The van der Waals surface area contributed by atoms with Crippen LogP contribution in [-0.4, -0.2) is 53.9 Å². The molecule has 0 radical (unpaired) electrons. The molecule has 1 aromatic carbocycles. The van der Waals surface area contributed by atoms with Gasteiger partial charge in [0.25, 0.3) is 0 Å². The van der Waals surface area contributed by atoms with E-state index in [1.807, 2.05) is 31.2 Å². The molecule has 1 saturated carbocycles. The SMILES string of the molecule is CN=C(NCC1(c2cccc(C)c2)CCCC1)N1CCOC(c2cnn(C)c2)C1.I. The molecule has 2 aromatic rings. The van der Waals surface area contributed by atoms with Gasteiger partial charge in [-0.25, -0.2) is 0 Å². The third-order valence-corrected chi connectivity index (χ3v) is 6.45. The second-order valence-electron chi connectivity index (χ2n) is 8.51. The highest BCUT2D eigenvalue weighted by molar-refractivity contribution is 14.0. The van der Waals surface area contributed by atoms with E-state index in [1.165, 1.54) is 36.8 Å². The molecule has 0 spiro atoms. The molecular weight excluding hydrogens is 489 g/mol. The highest BCUT2D eigenvalue weighted by Gasteiger charge is 2.36. The van der Waals surface area contributed by atoms with Gasteiger partial charge in [-0.3, -0.25) is 9.67 Å². The maximum atomic E-state index is 6.00. The van der Waals surface area contributed by atoms with Crippen LogP contribution in [0.5, 0.6) is 0 Å². The Morgan fingerprint density at radius 1 is 1.33 bits per heavy atom. The molecule has 0 amide bonds. The Kier molecular flexibility index (Phi) is 7.79. The van der Waals surface area contributed by atoms with E-state index in [9.17, 15) is 0 Å². The Hall–Kier alpha value is -1.61. The van der Waals surface area contributed by atoms with E-state index in [1.54, 1.807) is 0 Å². The van der Waals surface area contributed by atoms with Gasteiger partial charge < -0.3 is 15.0 Å². The zero-order valence-corrected chi connectivity index (χ0v) is 20.6. The molecule has 2 fully saturated rings. The van der Waals surface area contributed by atoms with Crippen LogP contribution in [0.15, 0.2) is 41.7 Å². The molecule has 1 atom stereocenters. The molecule has 0 bridgehead atoms. The summed E-state index contributed by atoms with van der Waals surface area (Å²) in [5, 5.41) is 8.01. The molecule has 30 heavy (non-hydrogen) atoms. The topological polar surface area (TPSA) is 54.7 Å². The average Bonchev–Trinajstić information content (AvgIpc) is 3.39. The predicted octanol–water partition coefficient (Wildman–Crippen LogP) is 3.81. The summed E-state index contributed by atoms with van der Waals surface area (Å²) in [5.74, 6) is 0.973. The standard InChI is InChI=1S/C23H33N5O.HI/c1-18-7-6-8-20(13-18)23(9-4-5-10-23)17-25-22(24-2)28-11-12-29-21(16-28)19-14-26-27(3)15-19;/h6-8,13-15,21H,4-5,9-12,16-17H2,1-3H3,(H,24,25);1H. The average molecular weight is 523 g/mol. The van der Waals surface area contributed by atoms with Crippen LogP contribution in [0.25, 0.3) is 0 Å². The van der Waals surface area contributed by atoms with E-state index in [0.717, 1.165) is 31.2 Å². The zero-order valence-electron chi connectivity index (χ0n) is 18.3. The number of halogens is 1. The minimum absolute atomic E-state index is 0. The fourth-order valence-corrected chi connectivity index (χ4v) is 4.82. The van der Waals surface area contributed by atoms with Gasteiger partial charge in [0.2, 0.25) is 0 Å². The van der Waals surface area contributed by atoms with Gasteiger partial charge in [-0.15, -0.1) is 24.0 Å². The van der Waals surface area contributed by atoms with Crippen molar-refractivity contribution in [2.24, 2.45) is 12.0 Å². The van der Waals surface area contributed by atoms with Crippen LogP contribution >= 0.6 is 24.0 Å². The van der Waals surface area contributed by atoms with E-state index < -0.39 is 0 Å². The maximum absolute atomic E-state index is 6.00. The number of nitrogens with zero attached hydrogens (tertiary/aromatic N) is 4. The molecule has 2 heterocycles. The van der Waals surface area contributed by atoms with Gasteiger partial charge >= 0.3 is 0 Å². The van der Waals surface area contributed by atoms with Gasteiger partial charge in [0.1, 0.15) is 6.10 Å². The molecule has 1 N–H and O–H groups in total. The smallest absolute Gasteiger partial charge is 0.193 e.